The van der Waals surface area contributed by atoms with Crippen LogP contribution in [0.15, 0.2) is 78.0 Å². The molecule has 0 spiro atoms. The largest absolute Gasteiger partial charge is 0.573 e. The lowest BCUT2D eigenvalue weighted by Gasteiger charge is -2.32. The minimum atomic E-state index is -4.75. The van der Waals surface area contributed by atoms with Crippen molar-refractivity contribution < 1.29 is 22.7 Å². The van der Waals surface area contributed by atoms with E-state index < -0.39 is 6.36 Å². The molecule has 1 N–H and O–H groups in total. The molecule has 2 atom stereocenters. The van der Waals surface area contributed by atoms with Crippen LogP contribution in [0.1, 0.15) is 68.1 Å². The molecule has 8 nitrogen and oxygen atoms in total. The minimum absolute atomic E-state index is 0.0217. The van der Waals surface area contributed by atoms with Crippen molar-refractivity contribution in [1.82, 2.24) is 20.1 Å². The van der Waals surface area contributed by atoms with Gasteiger partial charge in [-0.1, -0.05) is 68.4 Å². The number of amidine groups is 1. The predicted molar refractivity (Wildman–Crippen MR) is 180 cm³/mol. The number of urea groups is 1. The molecule has 2 aliphatic rings. The van der Waals surface area contributed by atoms with Crippen molar-refractivity contribution in [3.8, 4) is 22.8 Å². The van der Waals surface area contributed by atoms with Crippen molar-refractivity contribution in [2.24, 2.45) is 4.99 Å². The fourth-order valence-corrected chi connectivity index (χ4v) is 7.49. The number of thioether (sulfide) groups is 1. The number of hydrogen-bond donors (Lipinski definition) is 1. The topological polar surface area (TPSA) is 84.6 Å². The van der Waals surface area contributed by atoms with Gasteiger partial charge >= 0.3 is 12.4 Å². The number of rotatable bonds is 7. The number of benzene rings is 3. The number of amides is 2. The first-order valence-corrected chi connectivity index (χ1v) is 16.8. The SMILES string of the molecule is Cc1cccc(N2CCCSC2=NC(=O)NC2CCCC2c2ccc(-c3ncn(-c4ccc(OC(F)(F)F)cc4)n3)cc2)c1C(C)C. The van der Waals surface area contributed by atoms with Crippen LogP contribution in [0.5, 0.6) is 5.75 Å². The maximum absolute atomic E-state index is 13.3. The molecule has 2 heterocycles. The zero-order valence-electron chi connectivity index (χ0n) is 26.5. The number of aliphatic imine (C=N–C) groups is 1. The van der Waals surface area contributed by atoms with Gasteiger partial charge in [0.2, 0.25) is 0 Å². The highest BCUT2D eigenvalue weighted by Crippen LogP contribution is 2.37. The summed E-state index contributed by atoms with van der Waals surface area (Å²) in [6, 6.07) is 19.5. The molecule has 1 aliphatic carbocycles. The van der Waals surface area contributed by atoms with Gasteiger partial charge in [-0.05, 0) is 79.1 Å². The average molecular weight is 663 g/mol. The molecule has 1 aromatic heterocycles. The predicted octanol–water partition coefficient (Wildman–Crippen LogP) is 8.61. The quantitative estimate of drug-likeness (QED) is 0.213. The summed E-state index contributed by atoms with van der Waals surface area (Å²) in [5.74, 6) is 1.63. The highest BCUT2D eigenvalue weighted by atomic mass is 32.2. The van der Waals surface area contributed by atoms with Gasteiger partial charge in [-0.2, -0.15) is 4.99 Å². The lowest BCUT2D eigenvalue weighted by atomic mass is 9.93. The Hall–Kier alpha value is -4.32. The van der Waals surface area contributed by atoms with Crippen molar-refractivity contribution in [3.63, 3.8) is 0 Å². The second kappa shape index (κ2) is 13.8. The van der Waals surface area contributed by atoms with E-state index in [-0.39, 0.29) is 23.7 Å². The van der Waals surface area contributed by atoms with Gasteiger partial charge in [0.15, 0.2) is 11.0 Å². The van der Waals surface area contributed by atoms with Gasteiger partial charge in [0.25, 0.3) is 0 Å². The highest BCUT2D eigenvalue weighted by Gasteiger charge is 2.32. The fraction of sp³-hybridized carbons (Fsp3) is 0.371. The number of aromatic nitrogens is 3. The normalized spacial score (nSPS) is 19.4. The Balaban J connectivity index is 1.12. The molecule has 6 rings (SSSR count). The smallest absolute Gasteiger partial charge is 0.406 e. The molecule has 1 saturated heterocycles. The highest BCUT2D eigenvalue weighted by molar-refractivity contribution is 8.14. The van der Waals surface area contributed by atoms with Crippen LogP contribution in [0, 0.1) is 6.92 Å². The van der Waals surface area contributed by atoms with Gasteiger partial charge in [-0.3, -0.25) is 0 Å². The minimum Gasteiger partial charge on any atom is -0.406 e. The second-order valence-electron chi connectivity index (χ2n) is 12.2. The van der Waals surface area contributed by atoms with Crippen LogP contribution < -0.4 is 15.0 Å². The Labute approximate surface area is 276 Å². The van der Waals surface area contributed by atoms with Crippen molar-refractivity contribution >= 4 is 28.6 Å². The van der Waals surface area contributed by atoms with E-state index in [1.54, 1.807) is 11.8 Å². The molecule has 0 bridgehead atoms. The van der Waals surface area contributed by atoms with E-state index >= 15 is 0 Å². The summed E-state index contributed by atoms with van der Waals surface area (Å²) in [5, 5.41) is 8.47. The molecule has 2 fully saturated rings. The Morgan fingerprint density at radius 3 is 2.53 bits per heavy atom. The van der Waals surface area contributed by atoms with E-state index in [0.717, 1.165) is 60.0 Å². The maximum atomic E-state index is 13.3. The first-order valence-electron chi connectivity index (χ1n) is 15.8. The molecule has 0 radical (unpaired) electrons. The number of hydrogen-bond acceptors (Lipinski definition) is 5. The maximum Gasteiger partial charge on any atom is 0.573 e. The molecule has 4 aromatic rings. The summed E-state index contributed by atoms with van der Waals surface area (Å²) >= 11 is 1.63. The lowest BCUT2D eigenvalue weighted by molar-refractivity contribution is -0.274. The summed E-state index contributed by atoms with van der Waals surface area (Å²) in [4.78, 5) is 24.5. The molecule has 47 heavy (non-hydrogen) atoms. The number of carbonyl (C=O) groups excluding carboxylic acids is 1. The van der Waals surface area contributed by atoms with Crippen LogP contribution in [-0.2, 0) is 0 Å². The van der Waals surface area contributed by atoms with E-state index in [4.69, 9.17) is 0 Å². The van der Waals surface area contributed by atoms with Crippen LogP contribution in [0.2, 0.25) is 0 Å². The molecule has 246 valence electrons. The van der Waals surface area contributed by atoms with Crippen LogP contribution >= 0.6 is 11.8 Å². The number of ether oxygens (including phenoxy) is 1. The van der Waals surface area contributed by atoms with Crippen LogP contribution in [0.4, 0.5) is 23.7 Å². The summed E-state index contributed by atoms with van der Waals surface area (Å²) in [6.45, 7) is 7.37. The number of aryl methyl sites for hydroxylation is 1. The second-order valence-corrected chi connectivity index (χ2v) is 13.2. The van der Waals surface area contributed by atoms with Gasteiger partial charge in [0.1, 0.15) is 12.1 Å². The standard InChI is InChI=1S/C35H37F3N6O2S/c1-22(2)31-23(3)7-4-10-30(31)43-19-6-20-47-34(43)41-33(45)40-29-9-5-8-28(29)24-11-13-25(14-12-24)32-39-21-44(42-32)26-15-17-27(18-16-26)46-35(36,37)38/h4,7,10-18,21-22,28-29H,5-6,8-9,19-20H2,1-3H3,(H,40,45). The van der Waals surface area contributed by atoms with E-state index in [2.05, 4.69) is 69.0 Å². The first-order chi connectivity index (χ1) is 22.6. The molecular weight excluding hydrogens is 625 g/mol. The number of carbonyl (C=O) groups is 1. The van der Waals surface area contributed by atoms with Crippen molar-refractivity contribution in [3.05, 3.63) is 89.7 Å². The molecule has 12 heteroatoms. The van der Waals surface area contributed by atoms with E-state index in [1.807, 2.05) is 24.3 Å². The Kier molecular flexibility index (Phi) is 9.58. The Bertz CT molecular complexity index is 1740. The van der Waals surface area contributed by atoms with Crippen molar-refractivity contribution in [2.75, 3.05) is 17.2 Å². The van der Waals surface area contributed by atoms with Gasteiger partial charge in [-0.25, -0.2) is 14.5 Å². The van der Waals surface area contributed by atoms with Crippen LogP contribution in [0.3, 0.4) is 0 Å². The first kappa shape index (κ1) is 32.6. The average Bonchev–Trinajstić information content (AvgIpc) is 3.71. The molecule has 1 aliphatic heterocycles. The molecule has 2 amide bonds. The fourth-order valence-electron chi connectivity index (χ4n) is 6.54. The zero-order valence-corrected chi connectivity index (χ0v) is 27.3. The van der Waals surface area contributed by atoms with Gasteiger partial charge < -0.3 is 15.0 Å². The molecular formula is C35H37F3N6O2S. The summed E-state index contributed by atoms with van der Waals surface area (Å²) < 4.78 is 42.9. The lowest BCUT2D eigenvalue weighted by Crippen LogP contribution is -2.39. The summed E-state index contributed by atoms with van der Waals surface area (Å²) in [6.07, 6.45) is 0.650. The van der Waals surface area contributed by atoms with Gasteiger partial charge in [-0.15, -0.1) is 18.3 Å². The third-order valence-electron chi connectivity index (χ3n) is 8.60. The summed E-state index contributed by atoms with van der Waals surface area (Å²) in [5.41, 5.74) is 6.15. The Morgan fingerprint density at radius 2 is 1.81 bits per heavy atom. The summed E-state index contributed by atoms with van der Waals surface area (Å²) in [7, 11) is 0. The van der Waals surface area contributed by atoms with E-state index in [0.29, 0.717) is 17.4 Å². The third kappa shape index (κ3) is 7.64. The van der Waals surface area contributed by atoms with Crippen molar-refractivity contribution in [1.29, 1.82) is 0 Å². The number of halogens is 3. The number of alkyl halides is 3. The van der Waals surface area contributed by atoms with Gasteiger partial charge in [0, 0.05) is 35.5 Å². The molecule has 1 saturated carbocycles. The van der Waals surface area contributed by atoms with Gasteiger partial charge in [0.05, 0.1) is 5.69 Å². The number of nitrogens with zero attached hydrogens (tertiary/aromatic N) is 5. The monoisotopic (exact) mass is 662 g/mol. The van der Waals surface area contributed by atoms with Crippen LogP contribution in [0.25, 0.3) is 17.1 Å². The molecule has 2 unspecified atom stereocenters. The number of anilines is 1. The Morgan fingerprint density at radius 1 is 1.04 bits per heavy atom. The number of nitrogens with one attached hydrogen (secondary N) is 1. The third-order valence-corrected chi connectivity index (χ3v) is 9.67. The van der Waals surface area contributed by atoms with Crippen molar-refractivity contribution in [2.45, 2.75) is 70.7 Å². The van der Waals surface area contributed by atoms with E-state index in [1.165, 1.54) is 46.4 Å². The zero-order chi connectivity index (χ0) is 33.1. The molecule has 3 aromatic carbocycles. The van der Waals surface area contributed by atoms with Crippen LogP contribution in [-0.4, -0.2) is 50.7 Å². The van der Waals surface area contributed by atoms with E-state index in [9.17, 15) is 18.0 Å².